The van der Waals surface area contributed by atoms with Crippen molar-refractivity contribution in [2.24, 2.45) is 0 Å². The van der Waals surface area contributed by atoms with Crippen LogP contribution in [0, 0.1) is 0 Å². The van der Waals surface area contributed by atoms with Crippen LogP contribution >= 0.6 is 0 Å². The summed E-state index contributed by atoms with van der Waals surface area (Å²) >= 11 is 0. The molecule has 1 rings (SSSR count). The number of hydrogen-bond acceptors (Lipinski definition) is 1. The number of unbranched alkanes of at least 4 members (excludes halogenated alkanes) is 1. The summed E-state index contributed by atoms with van der Waals surface area (Å²) in [5.74, 6) is 0. The van der Waals surface area contributed by atoms with Crippen LogP contribution in [0.15, 0.2) is 0 Å². The molecule has 0 aromatic heterocycles. The lowest BCUT2D eigenvalue weighted by atomic mass is 10.4. The highest BCUT2D eigenvalue weighted by molar-refractivity contribution is 6.80. The van der Waals surface area contributed by atoms with Gasteiger partial charge in [0.25, 0.3) is 0 Å². The molecule has 0 bridgehead atoms. The molecule has 0 amide bonds. The van der Waals surface area contributed by atoms with E-state index < -0.39 is 8.07 Å². The summed E-state index contributed by atoms with van der Waals surface area (Å²) in [7, 11) is -1.06. The Bertz CT molecular complexity index is 150. The molecule has 0 spiro atoms. The Labute approximate surface area is 77.5 Å². The van der Waals surface area contributed by atoms with E-state index in [2.05, 4.69) is 26.9 Å². The predicted molar refractivity (Wildman–Crippen MR) is 56.2 cm³/mol. The molecule has 0 aromatic rings. The van der Waals surface area contributed by atoms with Gasteiger partial charge in [-0.15, -0.1) is 0 Å². The van der Waals surface area contributed by atoms with E-state index in [0.717, 1.165) is 6.61 Å². The first kappa shape index (κ1) is 10.3. The Morgan fingerprint density at radius 1 is 1.33 bits per heavy atom. The standard InChI is InChI=1S/C10H22OSi/c1-5-7-8-12(3,4)10(6-2)9-11-10/h5-9H2,1-4H3. The van der Waals surface area contributed by atoms with Gasteiger partial charge in [-0.2, -0.15) is 0 Å². The lowest BCUT2D eigenvalue weighted by molar-refractivity contribution is 0.360. The van der Waals surface area contributed by atoms with Crippen molar-refractivity contribution in [3.63, 3.8) is 0 Å². The highest BCUT2D eigenvalue weighted by Gasteiger charge is 2.55. The van der Waals surface area contributed by atoms with Crippen molar-refractivity contribution in [2.75, 3.05) is 6.61 Å². The van der Waals surface area contributed by atoms with Gasteiger partial charge >= 0.3 is 0 Å². The van der Waals surface area contributed by atoms with Crippen LogP contribution in [0.25, 0.3) is 0 Å². The fraction of sp³-hybridized carbons (Fsp3) is 1.00. The summed E-state index contributed by atoms with van der Waals surface area (Å²) in [6.45, 7) is 10.6. The Morgan fingerprint density at radius 3 is 2.25 bits per heavy atom. The lowest BCUT2D eigenvalue weighted by Crippen LogP contribution is -2.44. The van der Waals surface area contributed by atoms with Crippen molar-refractivity contribution in [3.05, 3.63) is 0 Å². The van der Waals surface area contributed by atoms with Crippen molar-refractivity contribution in [1.29, 1.82) is 0 Å². The molecule has 1 aliphatic rings. The molecule has 1 fully saturated rings. The zero-order valence-electron chi connectivity index (χ0n) is 8.94. The summed E-state index contributed by atoms with van der Waals surface area (Å²) in [5.41, 5.74) is 0. The number of epoxide rings is 1. The summed E-state index contributed by atoms with van der Waals surface area (Å²) in [6, 6.07) is 1.44. The molecule has 1 saturated heterocycles. The van der Waals surface area contributed by atoms with Crippen LogP contribution in [0.2, 0.25) is 19.1 Å². The van der Waals surface area contributed by atoms with Crippen LogP contribution in [0.4, 0.5) is 0 Å². The molecule has 0 saturated carbocycles. The minimum Gasteiger partial charge on any atom is -0.373 e. The smallest absolute Gasteiger partial charge is 0.0884 e. The van der Waals surface area contributed by atoms with Crippen LogP contribution in [0.1, 0.15) is 33.1 Å². The minimum absolute atomic E-state index is 0.377. The van der Waals surface area contributed by atoms with Crippen molar-refractivity contribution in [2.45, 2.75) is 57.5 Å². The van der Waals surface area contributed by atoms with E-state index in [9.17, 15) is 0 Å². The minimum atomic E-state index is -1.06. The first-order chi connectivity index (χ1) is 5.58. The van der Waals surface area contributed by atoms with Gasteiger partial charge in [0, 0.05) is 0 Å². The van der Waals surface area contributed by atoms with E-state index in [0.29, 0.717) is 5.22 Å². The van der Waals surface area contributed by atoms with Crippen molar-refractivity contribution in [3.8, 4) is 0 Å². The van der Waals surface area contributed by atoms with E-state index in [1.165, 1.54) is 25.3 Å². The van der Waals surface area contributed by atoms with E-state index >= 15 is 0 Å². The van der Waals surface area contributed by atoms with Crippen LogP contribution < -0.4 is 0 Å². The van der Waals surface area contributed by atoms with Crippen molar-refractivity contribution < 1.29 is 4.74 Å². The average Bonchev–Trinajstić information content (AvgIpc) is 2.81. The SMILES string of the molecule is CCCC[Si](C)(C)C1(CC)CO1. The third-order valence-electron chi connectivity index (χ3n) is 3.45. The molecule has 1 nitrogen and oxygen atoms in total. The zero-order valence-corrected chi connectivity index (χ0v) is 9.94. The summed E-state index contributed by atoms with van der Waals surface area (Å²) in [6.07, 6.45) is 3.95. The molecule has 1 atom stereocenters. The Kier molecular flexibility index (Phi) is 3.00. The van der Waals surface area contributed by atoms with Gasteiger partial charge < -0.3 is 4.74 Å². The highest BCUT2D eigenvalue weighted by atomic mass is 28.3. The maximum atomic E-state index is 5.67. The molecule has 2 heteroatoms. The molecule has 0 N–H and O–H groups in total. The first-order valence-corrected chi connectivity index (χ1v) is 8.42. The summed E-state index contributed by atoms with van der Waals surface area (Å²) in [4.78, 5) is 0. The van der Waals surface area contributed by atoms with Gasteiger partial charge in [0.15, 0.2) is 0 Å². The maximum Gasteiger partial charge on any atom is 0.0884 e. The van der Waals surface area contributed by atoms with Gasteiger partial charge in [-0.1, -0.05) is 45.8 Å². The normalized spacial score (nSPS) is 29.0. The third kappa shape index (κ3) is 1.74. The van der Waals surface area contributed by atoms with Gasteiger partial charge in [0.1, 0.15) is 0 Å². The van der Waals surface area contributed by atoms with Crippen molar-refractivity contribution >= 4 is 8.07 Å². The van der Waals surface area contributed by atoms with Crippen LogP contribution in [0.3, 0.4) is 0 Å². The predicted octanol–water partition coefficient (Wildman–Crippen LogP) is 3.21. The highest BCUT2D eigenvalue weighted by Crippen LogP contribution is 2.42. The van der Waals surface area contributed by atoms with Crippen LogP contribution in [0.5, 0.6) is 0 Å². The molecule has 1 aliphatic heterocycles. The Hall–Kier alpha value is 0.177. The second kappa shape index (κ2) is 3.50. The molecular weight excluding hydrogens is 164 g/mol. The van der Waals surface area contributed by atoms with Crippen LogP contribution in [-0.4, -0.2) is 19.9 Å². The molecular formula is C10H22OSi. The molecule has 0 aliphatic carbocycles. The molecule has 12 heavy (non-hydrogen) atoms. The van der Waals surface area contributed by atoms with Gasteiger partial charge in [-0.3, -0.25) is 0 Å². The zero-order chi connectivity index (χ0) is 9.24. The quantitative estimate of drug-likeness (QED) is 0.474. The number of ether oxygens (including phenoxy) is 1. The number of rotatable bonds is 5. The molecule has 1 heterocycles. The molecule has 0 radical (unpaired) electrons. The fourth-order valence-electron chi connectivity index (χ4n) is 2.01. The van der Waals surface area contributed by atoms with E-state index in [1.807, 2.05) is 0 Å². The Morgan fingerprint density at radius 2 is 1.92 bits per heavy atom. The monoisotopic (exact) mass is 186 g/mol. The molecule has 72 valence electrons. The topological polar surface area (TPSA) is 12.5 Å². The van der Waals surface area contributed by atoms with Gasteiger partial charge in [0.05, 0.1) is 19.9 Å². The first-order valence-electron chi connectivity index (χ1n) is 5.22. The summed E-state index contributed by atoms with van der Waals surface area (Å²) in [5, 5.41) is 0.377. The lowest BCUT2D eigenvalue weighted by Gasteiger charge is -2.28. The molecule has 0 aromatic carbocycles. The maximum absolute atomic E-state index is 5.67. The second-order valence-electron chi connectivity index (χ2n) is 4.62. The molecule has 1 unspecified atom stereocenters. The summed E-state index contributed by atoms with van der Waals surface area (Å²) < 4.78 is 5.67. The number of hydrogen-bond donors (Lipinski definition) is 0. The van der Waals surface area contributed by atoms with Gasteiger partial charge in [-0.25, -0.2) is 0 Å². The van der Waals surface area contributed by atoms with E-state index in [4.69, 9.17) is 4.74 Å². The average molecular weight is 186 g/mol. The van der Waals surface area contributed by atoms with E-state index in [1.54, 1.807) is 0 Å². The van der Waals surface area contributed by atoms with E-state index in [-0.39, 0.29) is 0 Å². The van der Waals surface area contributed by atoms with Gasteiger partial charge in [0.2, 0.25) is 0 Å². The fourth-order valence-corrected chi connectivity index (χ4v) is 5.51. The second-order valence-corrected chi connectivity index (χ2v) is 9.80. The Balaban J connectivity index is 2.46. The third-order valence-corrected chi connectivity index (χ3v) is 8.17. The van der Waals surface area contributed by atoms with Gasteiger partial charge in [-0.05, 0) is 6.42 Å². The van der Waals surface area contributed by atoms with Crippen LogP contribution in [-0.2, 0) is 4.74 Å². The largest absolute Gasteiger partial charge is 0.373 e. The van der Waals surface area contributed by atoms with Crippen molar-refractivity contribution in [1.82, 2.24) is 0 Å².